The third-order valence-corrected chi connectivity index (χ3v) is 8.77. The summed E-state index contributed by atoms with van der Waals surface area (Å²) >= 11 is 5.48. The zero-order chi connectivity index (χ0) is 22.0. The predicted molar refractivity (Wildman–Crippen MR) is 145 cm³/mol. The molecule has 0 amide bonds. The standard InChI is InChI=1S/C28H20N2S3/c1-3-11-21(27-29-23-13-5-7-15-25(23)32-27)19(9-1)17-31-18-20-10-2-4-12-22(20)28-30-24-14-6-8-16-26(24)33-28/h1-16H,17-18H2. The number of hydrogen-bond acceptors (Lipinski definition) is 5. The van der Waals surface area contributed by atoms with E-state index in [9.17, 15) is 0 Å². The molecule has 0 spiro atoms. The van der Waals surface area contributed by atoms with E-state index in [4.69, 9.17) is 9.97 Å². The summed E-state index contributed by atoms with van der Waals surface area (Å²) in [6.07, 6.45) is 0. The highest BCUT2D eigenvalue weighted by molar-refractivity contribution is 7.97. The van der Waals surface area contributed by atoms with Gasteiger partial charge in [-0.25, -0.2) is 9.97 Å². The van der Waals surface area contributed by atoms with Crippen molar-refractivity contribution in [1.29, 1.82) is 0 Å². The maximum absolute atomic E-state index is 4.89. The molecule has 4 aromatic carbocycles. The Kier molecular flexibility index (Phi) is 5.68. The Morgan fingerprint density at radius 1 is 0.515 bits per heavy atom. The molecule has 6 aromatic rings. The van der Waals surface area contributed by atoms with Crippen LogP contribution in [0, 0.1) is 0 Å². The molecule has 0 radical (unpaired) electrons. The van der Waals surface area contributed by atoms with Crippen LogP contribution in [-0.4, -0.2) is 9.97 Å². The van der Waals surface area contributed by atoms with Gasteiger partial charge >= 0.3 is 0 Å². The fourth-order valence-electron chi connectivity index (χ4n) is 3.96. The van der Waals surface area contributed by atoms with Crippen LogP contribution in [0.1, 0.15) is 11.1 Å². The molecule has 0 aliphatic rings. The number of fused-ring (bicyclic) bond motifs is 2. The van der Waals surface area contributed by atoms with E-state index >= 15 is 0 Å². The molecular weight excluding hydrogens is 461 g/mol. The highest BCUT2D eigenvalue weighted by atomic mass is 32.2. The molecule has 0 bridgehead atoms. The molecule has 0 aliphatic heterocycles. The molecule has 2 aromatic heterocycles. The average molecular weight is 481 g/mol. The van der Waals surface area contributed by atoms with Gasteiger partial charge in [-0.3, -0.25) is 0 Å². The summed E-state index contributed by atoms with van der Waals surface area (Å²) in [5.41, 5.74) is 7.30. The van der Waals surface area contributed by atoms with Crippen molar-refractivity contribution in [3.63, 3.8) is 0 Å². The zero-order valence-corrected chi connectivity index (χ0v) is 20.2. The molecule has 160 valence electrons. The Hall–Kier alpha value is -2.99. The Bertz CT molecular complexity index is 1380. The third kappa shape index (κ3) is 4.20. The van der Waals surface area contributed by atoms with Gasteiger partial charge in [-0.05, 0) is 35.4 Å². The molecule has 0 fully saturated rings. The van der Waals surface area contributed by atoms with Crippen LogP contribution in [0.5, 0.6) is 0 Å². The van der Waals surface area contributed by atoms with Crippen molar-refractivity contribution >= 4 is 54.9 Å². The molecule has 0 unspecified atom stereocenters. The number of benzene rings is 4. The largest absolute Gasteiger partial charge is 0.236 e. The van der Waals surface area contributed by atoms with Crippen molar-refractivity contribution in [2.24, 2.45) is 0 Å². The Morgan fingerprint density at radius 3 is 1.42 bits per heavy atom. The van der Waals surface area contributed by atoms with Gasteiger partial charge in [0.25, 0.3) is 0 Å². The first-order chi connectivity index (χ1) is 16.3. The van der Waals surface area contributed by atoms with E-state index in [0.717, 1.165) is 32.6 Å². The second kappa shape index (κ2) is 9.10. The number of rotatable bonds is 6. The lowest BCUT2D eigenvalue weighted by Crippen LogP contribution is -1.90. The topological polar surface area (TPSA) is 25.8 Å². The fourth-order valence-corrected chi connectivity index (χ4v) is 7.05. The maximum atomic E-state index is 4.89. The highest BCUT2D eigenvalue weighted by Crippen LogP contribution is 2.36. The van der Waals surface area contributed by atoms with E-state index in [1.807, 2.05) is 11.8 Å². The van der Waals surface area contributed by atoms with Crippen molar-refractivity contribution in [2.75, 3.05) is 0 Å². The molecule has 0 saturated heterocycles. The van der Waals surface area contributed by atoms with E-state index in [1.165, 1.54) is 31.7 Å². The molecular formula is C28H20N2S3. The molecule has 0 saturated carbocycles. The summed E-state index contributed by atoms with van der Waals surface area (Å²) in [5.74, 6) is 1.89. The van der Waals surface area contributed by atoms with Gasteiger partial charge in [0, 0.05) is 22.6 Å². The first-order valence-corrected chi connectivity index (χ1v) is 13.6. The Morgan fingerprint density at radius 2 is 0.939 bits per heavy atom. The van der Waals surface area contributed by atoms with E-state index in [2.05, 4.69) is 97.1 Å². The lowest BCUT2D eigenvalue weighted by atomic mass is 10.1. The van der Waals surface area contributed by atoms with Crippen LogP contribution in [0.15, 0.2) is 97.1 Å². The second-order valence-corrected chi connectivity index (χ2v) is 10.8. The molecule has 2 heterocycles. The van der Waals surface area contributed by atoms with Gasteiger partial charge in [0.15, 0.2) is 0 Å². The van der Waals surface area contributed by atoms with Crippen LogP contribution in [-0.2, 0) is 11.5 Å². The van der Waals surface area contributed by atoms with Crippen LogP contribution in [0.2, 0.25) is 0 Å². The first-order valence-electron chi connectivity index (χ1n) is 10.8. The Balaban J connectivity index is 1.24. The Labute approximate surface area is 205 Å². The van der Waals surface area contributed by atoms with Crippen LogP contribution < -0.4 is 0 Å². The van der Waals surface area contributed by atoms with Gasteiger partial charge in [-0.1, -0.05) is 72.8 Å². The number of aromatic nitrogens is 2. The molecule has 33 heavy (non-hydrogen) atoms. The SMILES string of the molecule is c1ccc(-c2nc3ccccc3s2)c(CSCc2ccccc2-c2nc3ccccc3s2)c1. The minimum atomic E-state index is 0.945. The van der Waals surface area contributed by atoms with Gasteiger partial charge in [0.1, 0.15) is 10.0 Å². The maximum Gasteiger partial charge on any atom is 0.124 e. The van der Waals surface area contributed by atoms with Gasteiger partial charge in [0.05, 0.1) is 20.4 Å². The predicted octanol–water partition coefficient (Wildman–Crippen LogP) is 8.67. The smallest absolute Gasteiger partial charge is 0.124 e. The summed E-state index contributed by atoms with van der Waals surface area (Å²) in [5, 5.41) is 2.20. The summed E-state index contributed by atoms with van der Waals surface area (Å²) in [7, 11) is 0. The van der Waals surface area contributed by atoms with E-state index < -0.39 is 0 Å². The number of thiazole rings is 2. The van der Waals surface area contributed by atoms with Crippen molar-refractivity contribution in [3.05, 3.63) is 108 Å². The van der Waals surface area contributed by atoms with Gasteiger partial charge < -0.3 is 0 Å². The van der Waals surface area contributed by atoms with Crippen molar-refractivity contribution in [1.82, 2.24) is 9.97 Å². The van der Waals surface area contributed by atoms with Crippen LogP contribution >= 0.6 is 34.4 Å². The molecule has 2 nitrogen and oxygen atoms in total. The summed E-state index contributed by atoms with van der Waals surface area (Å²) in [4.78, 5) is 9.77. The highest BCUT2D eigenvalue weighted by Gasteiger charge is 2.13. The molecule has 5 heteroatoms. The van der Waals surface area contributed by atoms with Crippen molar-refractivity contribution in [3.8, 4) is 21.1 Å². The normalized spacial score (nSPS) is 11.4. The van der Waals surface area contributed by atoms with E-state index in [1.54, 1.807) is 22.7 Å². The van der Waals surface area contributed by atoms with Crippen LogP contribution in [0.4, 0.5) is 0 Å². The molecule has 0 N–H and O–H groups in total. The van der Waals surface area contributed by atoms with Gasteiger partial charge in [-0.2, -0.15) is 11.8 Å². The van der Waals surface area contributed by atoms with Crippen LogP contribution in [0.3, 0.4) is 0 Å². The number of para-hydroxylation sites is 2. The lowest BCUT2D eigenvalue weighted by molar-refractivity contribution is 1.34. The molecule has 6 rings (SSSR count). The molecule has 0 atom stereocenters. The lowest BCUT2D eigenvalue weighted by Gasteiger charge is -2.09. The average Bonchev–Trinajstić information content (AvgIpc) is 3.49. The summed E-state index contributed by atoms with van der Waals surface area (Å²) < 4.78 is 2.47. The van der Waals surface area contributed by atoms with E-state index in [0.29, 0.717) is 0 Å². The van der Waals surface area contributed by atoms with E-state index in [-0.39, 0.29) is 0 Å². The summed E-state index contributed by atoms with van der Waals surface area (Å²) in [6.45, 7) is 0. The summed E-state index contributed by atoms with van der Waals surface area (Å²) in [6, 6.07) is 34.1. The van der Waals surface area contributed by atoms with Crippen molar-refractivity contribution < 1.29 is 0 Å². The minimum absolute atomic E-state index is 0.945. The van der Waals surface area contributed by atoms with Gasteiger partial charge in [0.2, 0.25) is 0 Å². The van der Waals surface area contributed by atoms with Crippen LogP contribution in [0.25, 0.3) is 41.6 Å². The third-order valence-electron chi connectivity index (χ3n) is 5.60. The number of nitrogens with zero attached hydrogens (tertiary/aromatic N) is 2. The first kappa shape index (κ1) is 20.6. The monoisotopic (exact) mass is 480 g/mol. The quantitative estimate of drug-likeness (QED) is 0.238. The zero-order valence-electron chi connectivity index (χ0n) is 17.8. The number of thioether (sulfide) groups is 1. The van der Waals surface area contributed by atoms with Crippen molar-refractivity contribution in [2.45, 2.75) is 11.5 Å². The second-order valence-electron chi connectivity index (χ2n) is 7.78. The molecule has 0 aliphatic carbocycles. The fraction of sp³-hybridized carbons (Fsp3) is 0.0714. The van der Waals surface area contributed by atoms with Gasteiger partial charge in [-0.15, -0.1) is 22.7 Å². The minimum Gasteiger partial charge on any atom is -0.236 e. The number of hydrogen-bond donors (Lipinski definition) is 0.